The summed E-state index contributed by atoms with van der Waals surface area (Å²) in [6.07, 6.45) is 0. The van der Waals surface area contributed by atoms with E-state index in [4.69, 9.17) is 9.47 Å². The van der Waals surface area contributed by atoms with Crippen LogP contribution in [0.2, 0.25) is 0 Å². The van der Waals surface area contributed by atoms with Crippen LogP contribution < -0.4 is 14.9 Å². The third kappa shape index (κ3) is 4.35. The molecule has 0 aliphatic rings. The Balaban J connectivity index is 1.55. The number of hydrogen-bond acceptors (Lipinski definition) is 6. The normalized spacial score (nSPS) is 10.7. The predicted octanol–water partition coefficient (Wildman–Crippen LogP) is 4.54. The van der Waals surface area contributed by atoms with Gasteiger partial charge in [-0.15, -0.1) is 11.3 Å². The molecule has 0 aliphatic carbocycles. The van der Waals surface area contributed by atoms with Crippen molar-refractivity contribution >= 4 is 33.2 Å². The highest BCUT2D eigenvalue weighted by molar-refractivity contribution is 7.17. The Kier molecular flexibility index (Phi) is 6.23. The zero-order chi connectivity index (χ0) is 23.5. The lowest BCUT2D eigenvalue weighted by Gasteiger charge is -2.18. The van der Waals surface area contributed by atoms with Gasteiger partial charge in [0.1, 0.15) is 11.5 Å². The summed E-state index contributed by atoms with van der Waals surface area (Å²) in [4.78, 5) is 30.0. The number of carbonyl (C=O) groups excluding carboxylic acids is 2. The minimum Gasteiger partial charge on any atom is -0.493 e. The lowest BCUT2D eigenvalue weighted by Crippen LogP contribution is -2.43. The van der Waals surface area contributed by atoms with Gasteiger partial charge in [-0.05, 0) is 36.4 Å². The van der Waals surface area contributed by atoms with Gasteiger partial charge in [-0.1, -0.05) is 18.2 Å². The summed E-state index contributed by atoms with van der Waals surface area (Å²) in [5.74, 6) is -0.416. The SMILES string of the molecule is COc1ccc(C(=O)NN(C)C(=O)c2cccc(-c3csc4c(F)cccc34)n2)cc1OC. The molecule has 0 bridgehead atoms. The maximum absolute atomic E-state index is 14.1. The molecule has 9 heteroatoms. The maximum Gasteiger partial charge on any atom is 0.290 e. The molecule has 33 heavy (non-hydrogen) atoms. The topological polar surface area (TPSA) is 80.8 Å². The lowest BCUT2D eigenvalue weighted by molar-refractivity contribution is 0.0632. The smallest absolute Gasteiger partial charge is 0.290 e. The summed E-state index contributed by atoms with van der Waals surface area (Å²) >= 11 is 1.28. The Morgan fingerprint density at radius 3 is 2.55 bits per heavy atom. The average Bonchev–Trinajstić information content (AvgIpc) is 3.28. The number of hydrogen-bond donors (Lipinski definition) is 1. The van der Waals surface area contributed by atoms with Crippen molar-refractivity contribution < 1.29 is 23.5 Å². The minimum atomic E-state index is -0.503. The van der Waals surface area contributed by atoms with Crippen LogP contribution in [0, 0.1) is 5.82 Å². The second-order valence-corrected chi connectivity index (χ2v) is 7.93. The first-order valence-electron chi connectivity index (χ1n) is 9.87. The van der Waals surface area contributed by atoms with E-state index in [2.05, 4.69) is 10.4 Å². The second-order valence-electron chi connectivity index (χ2n) is 7.05. The van der Waals surface area contributed by atoms with E-state index in [1.807, 2.05) is 11.4 Å². The molecular formula is C24H20FN3O4S. The number of thiophene rings is 1. The van der Waals surface area contributed by atoms with Crippen LogP contribution in [0.3, 0.4) is 0 Å². The van der Waals surface area contributed by atoms with Crippen LogP contribution >= 0.6 is 11.3 Å². The molecule has 7 nitrogen and oxygen atoms in total. The van der Waals surface area contributed by atoms with E-state index in [1.165, 1.54) is 44.7 Å². The standard InChI is InChI=1S/C24H20FN3O4S/c1-28(27-23(29)14-10-11-20(31-2)21(12-14)32-3)24(30)19-9-5-8-18(26-19)16-13-33-22-15(16)6-4-7-17(22)25/h4-13H,1-3H3,(H,27,29). The third-order valence-corrected chi connectivity index (χ3v) is 6.02. The molecule has 4 aromatic rings. The van der Waals surface area contributed by atoms with Crippen LogP contribution in [0.4, 0.5) is 4.39 Å². The molecule has 168 valence electrons. The van der Waals surface area contributed by atoms with E-state index < -0.39 is 11.8 Å². The van der Waals surface area contributed by atoms with Gasteiger partial charge in [0, 0.05) is 28.9 Å². The summed E-state index contributed by atoms with van der Waals surface area (Å²) in [6, 6.07) is 14.6. The fourth-order valence-electron chi connectivity index (χ4n) is 3.34. The molecule has 0 fully saturated rings. The van der Waals surface area contributed by atoms with Gasteiger partial charge >= 0.3 is 0 Å². The number of nitrogens with one attached hydrogen (secondary N) is 1. The Morgan fingerprint density at radius 2 is 1.79 bits per heavy atom. The average molecular weight is 466 g/mol. The first-order valence-corrected chi connectivity index (χ1v) is 10.7. The Morgan fingerprint density at radius 1 is 1.03 bits per heavy atom. The van der Waals surface area contributed by atoms with Gasteiger partial charge in [-0.3, -0.25) is 20.0 Å². The van der Waals surface area contributed by atoms with Gasteiger partial charge in [0.15, 0.2) is 11.5 Å². The number of halogens is 1. The molecule has 0 spiro atoms. The van der Waals surface area contributed by atoms with Crippen molar-refractivity contribution in [1.29, 1.82) is 0 Å². The monoisotopic (exact) mass is 465 g/mol. The van der Waals surface area contributed by atoms with Crippen molar-refractivity contribution in [2.24, 2.45) is 0 Å². The molecular weight excluding hydrogens is 445 g/mol. The van der Waals surface area contributed by atoms with Crippen LogP contribution in [-0.2, 0) is 0 Å². The summed E-state index contributed by atoms with van der Waals surface area (Å²) in [6.45, 7) is 0. The quantitative estimate of drug-likeness (QED) is 0.438. The molecule has 4 rings (SSSR count). The number of fused-ring (bicyclic) bond motifs is 1. The van der Waals surface area contributed by atoms with Crippen molar-refractivity contribution in [2.45, 2.75) is 0 Å². The molecule has 2 amide bonds. The van der Waals surface area contributed by atoms with Crippen LogP contribution in [-0.4, -0.2) is 43.1 Å². The second kappa shape index (κ2) is 9.25. The number of hydrazine groups is 1. The molecule has 0 unspecified atom stereocenters. The Bertz CT molecular complexity index is 1350. The van der Waals surface area contributed by atoms with Gasteiger partial charge in [0.2, 0.25) is 0 Å². The largest absolute Gasteiger partial charge is 0.493 e. The van der Waals surface area contributed by atoms with Crippen LogP contribution in [0.15, 0.2) is 60.0 Å². The number of rotatable bonds is 5. The van der Waals surface area contributed by atoms with Crippen molar-refractivity contribution in [3.05, 3.63) is 77.1 Å². The number of ether oxygens (including phenoxy) is 2. The van der Waals surface area contributed by atoms with E-state index in [-0.39, 0.29) is 11.5 Å². The fraction of sp³-hybridized carbons (Fsp3) is 0.125. The van der Waals surface area contributed by atoms with Crippen LogP contribution in [0.25, 0.3) is 21.3 Å². The summed E-state index contributed by atoms with van der Waals surface area (Å²) in [5.41, 5.74) is 4.24. The summed E-state index contributed by atoms with van der Waals surface area (Å²) in [5, 5.41) is 3.61. The number of benzene rings is 2. The first kappa shape index (κ1) is 22.2. The van der Waals surface area contributed by atoms with Gasteiger partial charge in [-0.25, -0.2) is 9.37 Å². The van der Waals surface area contributed by atoms with E-state index in [1.54, 1.807) is 36.4 Å². The van der Waals surface area contributed by atoms with E-state index in [0.29, 0.717) is 27.5 Å². The third-order valence-electron chi connectivity index (χ3n) is 5.02. The highest BCUT2D eigenvalue weighted by atomic mass is 32.1. The Labute approximate surface area is 193 Å². The number of pyridine rings is 1. The van der Waals surface area contributed by atoms with Crippen molar-refractivity contribution in [2.75, 3.05) is 21.3 Å². The van der Waals surface area contributed by atoms with Gasteiger partial charge < -0.3 is 9.47 Å². The molecule has 2 heterocycles. The first-order chi connectivity index (χ1) is 15.9. The number of amides is 2. The molecule has 0 saturated carbocycles. The highest BCUT2D eigenvalue weighted by Crippen LogP contribution is 2.34. The van der Waals surface area contributed by atoms with Crippen molar-refractivity contribution in [1.82, 2.24) is 15.4 Å². The molecule has 0 atom stereocenters. The lowest BCUT2D eigenvalue weighted by atomic mass is 10.1. The minimum absolute atomic E-state index is 0.137. The molecule has 1 N–H and O–H groups in total. The molecule has 0 radical (unpaired) electrons. The molecule has 2 aromatic heterocycles. The number of nitrogens with zero attached hydrogens (tertiary/aromatic N) is 2. The van der Waals surface area contributed by atoms with Gasteiger partial charge in [0.05, 0.1) is 24.6 Å². The van der Waals surface area contributed by atoms with Crippen molar-refractivity contribution in [3.8, 4) is 22.8 Å². The van der Waals surface area contributed by atoms with E-state index in [9.17, 15) is 14.0 Å². The van der Waals surface area contributed by atoms with Gasteiger partial charge in [-0.2, -0.15) is 0 Å². The summed E-state index contributed by atoms with van der Waals surface area (Å²) < 4.78 is 25.0. The molecule has 0 saturated heterocycles. The van der Waals surface area contributed by atoms with Crippen LogP contribution in [0.5, 0.6) is 11.5 Å². The number of aromatic nitrogens is 1. The van der Waals surface area contributed by atoms with E-state index >= 15 is 0 Å². The maximum atomic E-state index is 14.1. The number of methoxy groups -OCH3 is 2. The van der Waals surface area contributed by atoms with Gasteiger partial charge in [0.25, 0.3) is 11.8 Å². The highest BCUT2D eigenvalue weighted by Gasteiger charge is 2.19. The van der Waals surface area contributed by atoms with Crippen LogP contribution in [0.1, 0.15) is 20.8 Å². The molecule has 0 aliphatic heterocycles. The zero-order valence-electron chi connectivity index (χ0n) is 18.1. The predicted molar refractivity (Wildman–Crippen MR) is 124 cm³/mol. The zero-order valence-corrected chi connectivity index (χ0v) is 18.9. The Hall–Kier alpha value is -3.98. The fourth-order valence-corrected chi connectivity index (χ4v) is 4.31. The molecule has 2 aromatic carbocycles. The summed E-state index contributed by atoms with van der Waals surface area (Å²) in [7, 11) is 4.41. The number of carbonyl (C=O) groups is 2. The van der Waals surface area contributed by atoms with Crippen molar-refractivity contribution in [3.63, 3.8) is 0 Å². The van der Waals surface area contributed by atoms with E-state index in [0.717, 1.165) is 16.0 Å².